The van der Waals surface area contributed by atoms with Crippen LogP contribution in [-0.2, 0) is 0 Å². The second-order valence-electron chi connectivity index (χ2n) is 4.93. The standard InChI is InChI=1S/C16H15FN2O/c1-11(2)20-14-6-3-12(4-7-14)15-10-19-9-13(17)5-8-16(19)18-15/h3-11H,1-2H3. The Bertz CT molecular complexity index is 732. The predicted octanol–water partition coefficient (Wildman–Crippen LogP) is 3.93. The molecule has 0 aliphatic rings. The molecule has 2 heterocycles. The highest BCUT2D eigenvalue weighted by Crippen LogP contribution is 2.22. The van der Waals surface area contributed by atoms with Gasteiger partial charge in [0.2, 0.25) is 0 Å². The second kappa shape index (κ2) is 4.96. The monoisotopic (exact) mass is 270 g/mol. The zero-order valence-electron chi connectivity index (χ0n) is 11.4. The molecule has 102 valence electrons. The van der Waals surface area contributed by atoms with Crippen LogP contribution in [0, 0.1) is 5.82 Å². The molecule has 0 N–H and O–H groups in total. The van der Waals surface area contributed by atoms with Gasteiger partial charge in [-0.1, -0.05) is 0 Å². The van der Waals surface area contributed by atoms with Crippen molar-refractivity contribution in [3.05, 3.63) is 54.6 Å². The van der Waals surface area contributed by atoms with Gasteiger partial charge in [-0.25, -0.2) is 9.37 Å². The van der Waals surface area contributed by atoms with Crippen molar-refractivity contribution < 1.29 is 9.13 Å². The number of fused-ring (bicyclic) bond motifs is 1. The number of aromatic nitrogens is 2. The summed E-state index contributed by atoms with van der Waals surface area (Å²) in [6.07, 6.45) is 3.39. The lowest BCUT2D eigenvalue weighted by atomic mass is 10.1. The number of hydrogen-bond acceptors (Lipinski definition) is 2. The molecule has 4 heteroatoms. The minimum Gasteiger partial charge on any atom is -0.491 e. The fourth-order valence-corrected chi connectivity index (χ4v) is 2.08. The van der Waals surface area contributed by atoms with Gasteiger partial charge in [-0.3, -0.25) is 0 Å². The van der Waals surface area contributed by atoms with Gasteiger partial charge in [0.15, 0.2) is 0 Å². The molecule has 0 saturated heterocycles. The summed E-state index contributed by atoms with van der Waals surface area (Å²) >= 11 is 0. The van der Waals surface area contributed by atoms with Crippen molar-refractivity contribution in [1.29, 1.82) is 0 Å². The highest BCUT2D eigenvalue weighted by molar-refractivity contribution is 5.63. The van der Waals surface area contributed by atoms with E-state index in [1.54, 1.807) is 10.5 Å². The van der Waals surface area contributed by atoms with Crippen LogP contribution in [0.1, 0.15) is 13.8 Å². The maximum absolute atomic E-state index is 13.2. The van der Waals surface area contributed by atoms with E-state index in [9.17, 15) is 4.39 Å². The molecular weight excluding hydrogens is 255 g/mol. The van der Waals surface area contributed by atoms with Crippen LogP contribution in [0.15, 0.2) is 48.8 Å². The maximum atomic E-state index is 13.2. The Labute approximate surface area is 116 Å². The molecule has 0 unspecified atom stereocenters. The Balaban J connectivity index is 1.94. The van der Waals surface area contributed by atoms with Gasteiger partial charge in [-0.05, 0) is 50.2 Å². The van der Waals surface area contributed by atoms with E-state index in [1.807, 2.05) is 44.3 Å². The third-order valence-corrected chi connectivity index (χ3v) is 2.94. The summed E-state index contributed by atoms with van der Waals surface area (Å²) in [6, 6.07) is 10.8. The summed E-state index contributed by atoms with van der Waals surface area (Å²) in [7, 11) is 0. The summed E-state index contributed by atoms with van der Waals surface area (Å²) in [5.41, 5.74) is 2.51. The van der Waals surface area contributed by atoms with E-state index in [-0.39, 0.29) is 11.9 Å². The van der Waals surface area contributed by atoms with E-state index < -0.39 is 0 Å². The highest BCUT2D eigenvalue weighted by atomic mass is 19.1. The SMILES string of the molecule is CC(C)Oc1ccc(-c2cn3cc(F)ccc3n2)cc1. The fraction of sp³-hybridized carbons (Fsp3) is 0.188. The highest BCUT2D eigenvalue weighted by Gasteiger charge is 2.05. The van der Waals surface area contributed by atoms with Crippen LogP contribution in [0.3, 0.4) is 0 Å². The Morgan fingerprint density at radius 2 is 1.80 bits per heavy atom. The lowest BCUT2D eigenvalue weighted by Gasteiger charge is -2.09. The van der Waals surface area contributed by atoms with Gasteiger partial charge in [-0.2, -0.15) is 0 Å². The van der Waals surface area contributed by atoms with Gasteiger partial charge < -0.3 is 9.14 Å². The zero-order chi connectivity index (χ0) is 14.1. The summed E-state index contributed by atoms with van der Waals surface area (Å²) in [5, 5.41) is 0. The molecule has 2 aromatic heterocycles. The quantitative estimate of drug-likeness (QED) is 0.721. The van der Waals surface area contributed by atoms with Gasteiger partial charge in [-0.15, -0.1) is 0 Å². The average molecular weight is 270 g/mol. The largest absolute Gasteiger partial charge is 0.491 e. The molecule has 1 aromatic carbocycles. The third-order valence-electron chi connectivity index (χ3n) is 2.94. The maximum Gasteiger partial charge on any atom is 0.139 e. The van der Waals surface area contributed by atoms with Crippen LogP contribution in [0.4, 0.5) is 4.39 Å². The number of benzene rings is 1. The predicted molar refractivity (Wildman–Crippen MR) is 76.4 cm³/mol. The van der Waals surface area contributed by atoms with E-state index in [0.717, 1.165) is 22.7 Å². The van der Waals surface area contributed by atoms with Gasteiger partial charge >= 0.3 is 0 Å². The molecule has 0 aliphatic carbocycles. The van der Waals surface area contributed by atoms with Crippen molar-refractivity contribution in [2.75, 3.05) is 0 Å². The summed E-state index contributed by atoms with van der Waals surface area (Å²) in [4.78, 5) is 4.47. The van der Waals surface area contributed by atoms with Crippen LogP contribution in [0.2, 0.25) is 0 Å². The molecule has 0 amide bonds. The van der Waals surface area contributed by atoms with E-state index in [0.29, 0.717) is 0 Å². The fourth-order valence-electron chi connectivity index (χ4n) is 2.08. The van der Waals surface area contributed by atoms with Crippen molar-refractivity contribution in [2.24, 2.45) is 0 Å². The zero-order valence-corrected chi connectivity index (χ0v) is 11.4. The minimum atomic E-state index is -0.276. The first-order valence-electron chi connectivity index (χ1n) is 6.53. The molecule has 0 bridgehead atoms. The smallest absolute Gasteiger partial charge is 0.139 e. The van der Waals surface area contributed by atoms with Gasteiger partial charge in [0.05, 0.1) is 11.8 Å². The van der Waals surface area contributed by atoms with E-state index in [2.05, 4.69) is 4.98 Å². The number of imidazole rings is 1. The van der Waals surface area contributed by atoms with E-state index >= 15 is 0 Å². The molecule has 3 aromatic rings. The number of hydrogen-bond donors (Lipinski definition) is 0. The number of ether oxygens (including phenoxy) is 1. The van der Waals surface area contributed by atoms with Crippen molar-refractivity contribution in [3.63, 3.8) is 0 Å². The first-order valence-corrected chi connectivity index (χ1v) is 6.53. The average Bonchev–Trinajstić information content (AvgIpc) is 2.81. The Morgan fingerprint density at radius 1 is 1.05 bits per heavy atom. The molecule has 20 heavy (non-hydrogen) atoms. The Hall–Kier alpha value is -2.36. The van der Waals surface area contributed by atoms with Crippen molar-refractivity contribution in [3.8, 4) is 17.0 Å². The molecule has 0 fully saturated rings. The van der Waals surface area contributed by atoms with Crippen LogP contribution in [0.5, 0.6) is 5.75 Å². The van der Waals surface area contributed by atoms with Gasteiger partial charge in [0.1, 0.15) is 17.2 Å². The Morgan fingerprint density at radius 3 is 2.50 bits per heavy atom. The van der Waals surface area contributed by atoms with Crippen molar-refractivity contribution >= 4 is 5.65 Å². The molecule has 0 spiro atoms. The normalized spacial score (nSPS) is 11.2. The molecule has 0 saturated carbocycles. The Kier molecular flexibility index (Phi) is 3.14. The van der Waals surface area contributed by atoms with Crippen LogP contribution in [0.25, 0.3) is 16.9 Å². The lowest BCUT2D eigenvalue weighted by Crippen LogP contribution is -2.05. The number of halogens is 1. The van der Waals surface area contributed by atoms with Crippen LogP contribution < -0.4 is 4.74 Å². The molecule has 0 atom stereocenters. The second-order valence-corrected chi connectivity index (χ2v) is 4.93. The van der Waals surface area contributed by atoms with E-state index in [1.165, 1.54) is 12.3 Å². The summed E-state index contributed by atoms with van der Waals surface area (Å²) in [5.74, 6) is 0.556. The molecule has 0 aliphatic heterocycles. The topological polar surface area (TPSA) is 26.5 Å². The van der Waals surface area contributed by atoms with Gasteiger partial charge in [0, 0.05) is 18.0 Å². The van der Waals surface area contributed by atoms with E-state index in [4.69, 9.17) is 4.74 Å². The number of pyridine rings is 1. The van der Waals surface area contributed by atoms with Gasteiger partial charge in [0.25, 0.3) is 0 Å². The summed E-state index contributed by atoms with van der Waals surface area (Å²) < 4.78 is 20.4. The number of nitrogens with zero attached hydrogens (tertiary/aromatic N) is 2. The molecule has 3 rings (SSSR count). The van der Waals surface area contributed by atoms with Crippen molar-refractivity contribution in [2.45, 2.75) is 20.0 Å². The summed E-state index contributed by atoms with van der Waals surface area (Å²) in [6.45, 7) is 3.98. The van der Waals surface area contributed by atoms with Crippen molar-refractivity contribution in [1.82, 2.24) is 9.38 Å². The minimum absolute atomic E-state index is 0.152. The molecule has 0 radical (unpaired) electrons. The first kappa shape index (κ1) is 12.7. The number of rotatable bonds is 3. The van der Waals surface area contributed by atoms with Crippen LogP contribution >= 0.6 is 0 Å². The first-order chi connectivity index (χ1) is 9.61. The third kappa shape index (κ3) is 2.50. The molecule has 3 nitrogen and oxygen atoms in total. The molecular formula is C16H15FN2O. The van der Waals surface area contributed by atoms with Crippen LogP contribution in [-0.4, -0.2) is 15.5 Å². The lowest BCUT2D eigenvalue weighted by molar-refractivity contribution is 0.242.